The molecule has 0 amide bonds. The standard InChI is InChI=1S/C19H20O4/c1-11-16(22-17-8-3-2-7-15(17)20)10-9-13-12-5-4-6-14(12)19(21)23-18(11)13/h9-10,17H,2-8H2,1H3. The van der Waals surface area contributed by atoms with E-state index in [1.54, 1.807) is 0 Å². The Kier molecular flexibility index (Phi) is 3.47. The summed E-state index contributed by atoms with van der Waals surface area (Å²) >= 11 is 0. The van der Waals surface area contributed by atoms with Gasteiger partial charge in [-0.1, -0.05) is 0 Å². The highest BCUT2D eigenvalue weighted by molar-refractivity contribution is 5.87. The van der Waals surface area contributed by atoms with Gasteiger partial charge in [0.2, 0.25) is 0 Å². The van der Waals surface area contributed by atoms with Crippen LogP contribution in [-0.2, 0) is 17.6 Å². The van der Waals surface area contributed by atoms with Crippen LogP contribution in [0.1, 0.15) is 48.8 Å². The van der Waals surface area contributed by atoms with Gasteiger partial charge in [0.05, 0.1) is 0 Å². The number of hydrogen-bond acceptors (Lipinski definition) is 4. The molecule has 1 aromatic carbocycles. The molecule has 2 aromatic rings. The molecule has 0 radical (unpaired) electrons. The molecular formula is C19H20O4. The first-order valence-electron chi connectivity index (χ1n) is 8.42. The number of benzene rings is 1. The third kappa shape index (κ3) is 2.37. The highest BCUT2D eigenvalue weighted by Gasteiger charge is 2.26. The molecule has 4 rings (SSSR count). The van der Waals surface area contributed by atoms with E-state index in [4.69, 9.17) is 9.15 Å². The number of ether oxygens (including phenoxy) is 1. The molecular weight excluding hydrogens is 292 g/mol. The zero-order valence-electron chi connectivity index (χ0n) is 13.3. The summed E-state index contributed by atoms with van der Waals surface area (Å²) in [4.78, 5) is 24.2. The SMILES string of the molecule is Cc1c(OC2CCCCC2=O)ccc2c3c(c(=O)oc12)CCC3. The van der Waals surface area contributed by atoms with E-state index in [0.717, 1.165) is 60.6 Å². The van der Waals surface area contributed by atoms with Crippen LogP contribution in [0.3, 0.4) is 0 Å². The van der Waals surface area contributed by atoms with Crippen molar-refractivity contribution in [2.45, 2.75) is 58.0 Å². The lowest BCUT2D eigenvalue weighted by Crippen LogP contribution is -2.30. The number of carbonyl (C=O) groups excluding carboxylic acids is 1. The van der Waals surface area contributed by atoms with Gasteiger partial charge in [-0.15, -0.1) is 0 Å². The minimum Gasteiger partial charge on any atom is -0.482 e. The quantitative estimate of drug-likeness (QED) is 0.797. The summed E-state index contributed by atoms with van der Waals surface area (Å²) in [6.07, 6.45) is 5.72. The Labute approximate surface area is 134 Å². The molecule has 1 fully saturated rings. The van der Waals surface area contributed by atoms with E-state index in [1.165, 1.54) is 0 Å². The molecule has 1 atom stereocenters. The maximum absolute atomic E-state index is 12.2. The van der Waals surface area contributed by atoms with Crippen LogP contribution >= 0.6 is 0 Å². The van der Waals surface area contributed by atoms with Crippen molar-refractivity contribution in [2.75, 3.05) is 0 Å². The first kappa shape index (κ1) is 14.5. The second-order valence-electron chi connectivity index (χ2n) is 6.58. The van der Waals surface area contributed by atoms with Crippen molar-refractivity contribution < 1.29 is 13.9 Å². The zero-order valence-corrected chi connectivity index (χ0v) is 13.3. The van der Waals surface area contributed by atoms with Crippen molar-refractivity contribution >= 4 is 16.8 Å². The Bertz CT molecular complexity index is 847. The number of rotatable bonds is 2. The molecule has 120 valence electrons. The number of hydrogen-bond donors (Lipinski definition) is 0. The second kappa shape index (κ2) is 5.52. The second-order valence-corrected chi connectivity index (χ2v) is 6.58. The summed E-state index contributed by atoms with van der Waals surface area (Å²) in [6, 6.07) is 3.89. The van der Waals surface area contributed by atoms with Crippen molar-refractivity contribution in [1.29, 1.82) is 0 Å². The van der Waals surface area contributed by atoms with Crippen molar-refractivity contribution in [1.82, 2.24) is 0 Å². The Morgan fingerprint density at radius 2 is 1.87 bits per heavy atom. The van der Waals surface area contributed by atoms with Gasteiger partial charge in [0, 0.05) is 22.9 Å². The lowest BCUT2D eigenvalue weighted by atomic mass is 9.96. The Balaban J connectivity index is 1.78. The summed E-state index contributed by atoms with van der Waals surface area (Å²) in [6.45, 7) is 1.90. The van der Waals surface area contributed by atoms with Crippen LogP contribution in [0.4, 0.5) is 0 Å². The average Bonchev–Trinajstić information content (AvgIpc) is 3.03. The molecule has 0 bridgehead atoms. The number of ketones is 1. The van der Waals surface area contributed by atoms with Crippen LogP contribution in [0.2, 0.25) is 0 Å². The molecule has 2 aliphatic carbocycles. The number of carbonyl (C=O) groups is 1. The number of Topliss-reactive ketones (excluding diaryl/α,β-unsaturated/α-hetero) is 1. The topological polar surface area (TPSA) is 56.5 Å². The summed E-state index contributed by atoms with van der Waals surface area (Å²) in [5.74, 6) is 0.824. The fourth-order valence-corrected chi connectivity index (χ4v) is 3.82. The summed E-state index contributed by atoms with van der Waals surface area (Å²) in [5, 5.41) is 1.01. The molecule has 1 saturated carbocycles. The molecule has 4 heteroatoms. The van der Waals surface area contributed by atoms with E-state index in [-0.39, 0.29) is 17.5 Å². The van der Waals surface area contributed by atoms with Crippen LogP contribution < -0.4 is 10.4 Å². The maximum Gasteiger partial charge on any atom is 0.339 e. The minimum atomic E-state index is -0.360. The first-order chi connectivity index (χ1) is 11.1. The highest BCUT2D eigenvalue weighted by Crippen LogP contribution is 2.34. The Hall–Kier alpha value is -2.10. The number of fused-ring (bicyclic) bond motifs is 3. The molecule has 0 N–H and O–H groups in total. The van der Waals surface area contributed by atoms with Gasteiger partial charge in [-0.25, -0.2) is 4.79 Å². The monoisotopic (exact) mass is 312 g/mol. The maximum atomic E-state index is 12.2. The van der Waals surface area contributed by atoms with E-state index in [9.17, 15) is 9.59 Å². The minimum absolute atomic E-state index is 0.172. The summed E-state index contributed by atoms with van der Waals surface area (Å²) in [5.41, 5.74) is 3.15. The van der Waals surface area contributed by atoms with E-state index in [0.29, 0.717) is 17.8 Å². The van der Waals surface area contributed by atoms with Gasteiger partial charge in [-0.3, -0.25) is 4.79 Å². The summed E-state index contributed by atoms with van der Waals surface area (Å²) in [7, 11) is 0. The molecule has 23 heavy (non-hydrogen) atoms. The molecule has 1 heterocycles. The van der Waals surface area contributed by atoms with Crippen LogP contribution in [0.5, 0.6) is 5.75 Å². The molecule has 2 aliphatic rings. The Morgan fingerprint density at radius 3 is 2.70 bits per heavy atom. The van der Waals surface area contributed by atoms with Crippen LogP contribution in [0.25, 0.3) is 11.0 Å². The van der Waals surface area contributed by atoms with E-state index in [2.05, 4.69) is 0 Å². The zero-order chi connectivity index (χ0) is 16.0. The van der Waals surface area contributed by atoms with Gasteiger partial charge in [0.25, 0.3) is 0 Å². The van der Waals surface area contributed by atoms with E-state index < -0.39 is 0 Å². The first-order valence-corrected chi connectivity index (χ1v) is 8.42. The third-order valence-electron chi connectivity index (χ3n) is 5.11. The molecule has 4 nitrogen and oxygen atoms in total. The van der Waals surface area contributed by atoms with Gasteiger partial charge in [-0.05, 0) is 63.1 Å². The summed E-state index contributed by atoms with van der Waals surface area (Å²) < 4.78 is 11.5. The molecule has 1 aromatic heterocycles. The van der Waals surface area contributed by atoms with Crippen molar-refractivity contribution in [3.8, 4) is 5.75 Å². The fraction of sp³-hybridized carbons (Fsp3) is 0.474. The van der Waals surface area contributed by atoms with E-state index >= 15 is 0 Å². The lowest BCUT2D eigenvalue weighted by Gasteiger charge is -2.23. The lowest BCUT2D eigenvalue weighted by molar-refractivity contribution is -0.127. The van der Waals surface area contributed by atoms with Gasteiger partial charge in [0.15, 0.2) is 11.9 Å². The van der Waals surface area contributed by atoms with Crippen molar-refractivity contribution in [2.24, 2.45) is 0 Å². The van der Waals surface area contributed by atoms with Crippen LogP contribution in [0.15, 0.2) is 21.3 Å². The predicted molar refractivity (Wildman–Crippen MR) is 87.1 cm³/mol. The molecule has 0 saturated heterocycles. The highest BCUT2D eigenvalue weighted by atomic mass is 16.5. The van der Waals surface area contributed by atoms with Gasteiger partial charge < -0.3 is 9.15 Å². The number of aryl methyl sites for hydroxylation is 2. The van der Waals surface area contributed by atoms with Gasteiger partial charge >= 0.3 is 5.63 Å². The molecule has 1 unspecified atom stereocenters. The van der Waals surface area contributed by atoms with E-state index in [1.807, 2.05) is 19.1 Å². The predicted octanol–water partition coefficient (Wildman–Crippen LogP) is 3.48. The van der Waals surface area contributed by atoms with Crippen molar-refractivity contribution in [3.05, 3.63) is 39.2 Å². The molecule has 0 aliphatic heterocycles. The Morgan fingerprint density at radius 1 is 1.04 bits per heavy atom. The smallest absolute Gasteiger partial charge is 0.339 e. The molecule has 0 spiro atoms. The van der Waals surface area contributed by atoms with Gasteiger partial charge in [-0.2, -0.15) is 0 Å². The van der Waals surface area contributed by atoms with Crippen LogP contribution in [0, 0.1) is 6.92 Å². The van der Waals surface area contributed by atoms with Crippen molar-refractivity contribution in [3.63, 3.8) is 0 Å². The largest absolute Gasteiger partial charge is 0.482 e. The fourth-order valence-electron chi connectivity index (χ4n) is 3.82. The average molecular weight is 312 g/mol. The van der Waals surface area contributed by atoms with Gasteiger partial charge in [0.1, 0.15) is 11.3 Å². The third-order valence-corrected chi connectivity index (χ3v) is 5.11. The van der Waals surface area contributed by atoms with Crippen LogP contribution in [-0.4, -0.2) is 11.9 Å². The normalized spacial score (nSPS) is 20.7.